The second kappa shape index (κ2) is 3.81. The van der Waals surface area contributed by atoms with Crippen LogP contribution in [0.5, 0.6) is 0 Å². The van der Waals surface area contributed by atoms with Crippen LogP contribution >= 0.6 is 46.4 Å². The van der Waals surface area contributed by atoms with E-state index in [0.29, 0.717) is 15.6 Å². The van der Waals surface area contributed by atoms with Crippen molar-refractivity contribution in [3.8, 4) is 0 Å². The summed E-state index contributed by atoms with van der Waals surface area (Å²) in [7, 11) is 0. The van der Waals surface area contributed by atoms with Gasteiger partial charge in [0.1, 0.15) is 5.15 Å². The highest BCUT2D eigenvalue weighted by Gasteiger charge is 2.08. The molecule has 60 valence electrons. The predicted octanol–water partition coefficient (Wildman–Crippen LogP) is 3.78. The largest absolute Gasteiger partial charge is 0.241 e. The van der Waals surface area contributed by atoms with E-state index in [2.05, 4.69) is 4.98 Å². The van der Waals surface area contributed by atoms with Gasteiger partial charge in [-0.1, -0.05) is 34.8 Å². The Morgan fingerprint density at radius 3 is 2.36 bits per heavy atom. The molecule has 0 bridgehead atoms. The Hall–Kier alpha value is 0.310. The van der Waals surface area contributed by atoms with Crippen LogP contribution in [0.4, 0.5) is 0 Å². The quantitative estimate of drug-likeness (QED) is 0.529. The lowest BCUT2D eigenvalue weighted by Crippen LogP contribution is -1.86. The Bertz CT molecular complexity index is 274. The fourth-order valence-electron chi connectivity index (χ4n) is 0.600. The lowest BCUT2D eigenvalue weighted by atomic mass is 10.3. The van der Waals surface area contributed by atoms with Crippen molar-refractivity contribution >= 4 is 46.4 Å². The molecular weight excluding hydrogens is 228 g/mol. The van der Waals surface area contributed by atoms with Crippen molar-refractivity contribution in [2.24, 2.45) is 0 Å². The summed E-state index contributed by atoms with van der Waals surface area (Å²) in [4.78, 5) is 3.73. The molecule has 0 aromatic carbocycles. The number of rotatable bonds is 1. The molecule has 0 unspecified atom stereocenters. The average molecular weight is 231 g/mol. The maximum Gasteiger partial charge on any atom is 0.148 e. The molecule has 0 N–H and O–H groups in total. The Morgan fingerprint density at radius 2 is 1.91 bits per heavy atom. The summed E-state index contributed by atoms with van der Waals surface area (Å²) in [6, 6.07) is 0. The highest BCUT2D eigenvalue weighted by Crippen LogP contribution is 2.30. The first-order valence-corrected chi connectivity index (χ1v) is 4.38. The van der Waals surface area contributed by atoms with Crippen LogP contribution in [-0.4, -0.2) is 4.98 Å². The van der Waals surface area contributed by atoms with E-state index in [0.717, 1.165) is 0 Å². The maximum absolute atomic E-state index is 5.74. The number of hydrogen-bond donors (Lipinski definition) is 0. The molecule has 1 rings (SSSR count). The minimum atomic E-state index is 0.228. The van der Waals surface area contributed by atoms with Gasteiger partial charge in [-0.15, -0.1) is 11.6 Å². The standard InChI is InChI=1S/C6H3Cl4N/c7-1-3-4(8)2-11-6(10)5(3)9/h2H,1H2. The fourth-order valence-corrected chi connectivity index (χ4v) is 1.65. The lowest BCUT2D eigenvalue weighted by Gasteiger charge is -2.02. The van der Waals surface area contributed by atoms with Gasteiger partial charge in [0.25, 0.3) is 0 Å². The minimum absolute atomic E-state index is 0.228. The minimum Gasteiger partial charge on any atom is -0.241 e. The van der Waals surface area contributed by atoms with Crippen molar-refractivity contribution in [3.63, 3.8) is 0 Å². The van der Waals surface area contributed by atoms with E-state index < -0.39 is 0 Å². The molecule has 0 aliphatic carbocycles. The third kappa shape index (κ3) is 1.91. The van der Waals surface area contributed by atoms with Crippen LogP contribution in [0.25, 0.3) is 0 Å². The third-order valence-corrected chi connectivity index (χ3v) is 2.54. The number of alkyl halides is 1. The van der Waals surface area contributed by atoms with Gasteiger partial charge in [0.2, 0.25) is 0 Å². The fraction of sp³-hybridized carbons (Fsp3) is 0.167. The molecule has 0 amide bonds. The Kier molecular flexibility index (Phi) is 3.26. The molecule has 0 radical (unpaired) electrons. The summed E-state index contributed by atoms with van der Waals surface area (Å²) in [5.41, 5.74) is 0.620. The zero-order valence-electron chi connectivity index (χ0n) is 5.24. The van der Waals surface area contributed by atoms with Crippen molar-refractivity contribution in [1.29, 1.82) is 0 Å². The topological polar surface area (TPSA) is 12.9 Å². The Morgan fingerprint density at radius 1 is 1.27 bits per heavy atom. The molecule has 1 heterocycles. The number of halogens is 4. The second-order valence-electron chi connectivity index (χ2n) is 1.82. The summed E-state index contributed by atoms with van der Waals surface area (Å²) in [6.45, 7) is 0. The Labute approximate surface area is 84.2 Å². The van der Waals surface area contributed by atoms with Crippen LogP contribution in [0.2, 0.25) is 15.2 Å². The third-order valence-electron chi connectivity index (χ3n) is 1.16. The molecule has 1 aromatic rings. The van der Waals surface area contributed by atoms with Crippen LogP contribution in [0.1, 0.15) is 5.56 Å². The number of pyridine rings is 1. The van der Waals surface area contributed by atoms with Crippen LogP contribution in [-0.2, 0) is 5.88 Å². The number of hydrogen-bond acceptors (Lipinski definition) is 1. The van der Waals surface area contributed by atoms with E-state index >= 15 is 0 Å². The number of nitrogens with zero attached hydrogens (tertiary/aromatic N) is 1. The molecule has 1 nitrogen and oxygen atoms in total. The predicted molar refractivity (Wildman–Crippen MR) is 48.8 cm³/mol. The van der Waals surface area contributed by atoms with Crippen LogP contribution in [0, 0.1) is 0 Å². The SMILES string of the molecule is ClCc1c(Cl)cnc(Cl)c1Cl. The van der Waals surface area contributed by atoms with Crippen molar-refractivity contribution in [3.05, 3.63) is 27.0 Å². The lowest BCUT2D eigenvalue weighted by molar-refractivity contribution is 1.27. The smallest absolute Gasteiger partial charge is 0.148 e. The molecule has 11 heavy (non-hydrogen) atoms. The molecule has 0 saturated carbocycles. The van der Waals surface area contributed by atoms with Gasteiger partial charge in [0, 0.05) is 11.8 Å². The van der Waals surface area contributed by atoms with Gasteiger partial charge in [-0.2, -0.15) is 0 Å². The van der Waals surface area contributed by atoms with Gasteiger partial charge >= 0.3 is 0 Å². The highest BCUT2D eigenvalue weighted by molar-refractivity contribution is 6.43. The van der Waals surface area contributed by atoms with E-state index in [1.165, 1.54) is 6.20 Å². The van der Waals surface area contributed by atoms with Crippen molar-refractivity contribution in [2.75, 3.05) is 0 Å². The van der Waals surface area contributed by atoms with Gasteiger partial charge in [0.05, 0.1) is 15.9 Å². The van der Waals surface area contributed by atoms with Crippen LogP contribution in [0.3, 0.4) is 0 Å². The summed E-state index contributed by atoms with van der Waals surface area (Å²) >= 11 is 22.6. The zero-order chi connectivity index (χ0) is 8.43. The van der Waals surface area contributed by atoms with E-state index in [-0.39, 0.29) is 11.0 Å². The number of aromatic nitrogens is 1. The second-order valence-corrected chi connectivity index (χ2v) is 3.23. The zero-order valence-corrected chi connectivity index (χ0v) is 8.27. The van der Waals surface area contributed by atoms with Gasteiger partial charge in [0.15, 0.2) is 0 Å². The maximum atomic E-state index is 5.74. The monoisotopic (exact) mass is 229 g/mol. The first-order chi connectivity index (χ1) is 5.16. The molecule has 0 aliphatic rings. The van der Waals surface area contributed by atoms with Crippen LogP contribution < -0.4 is 0 Å². The highest BCUT2D eigenvalue weighted by atomic mass is 35.5. The van der Waals surface area contributed by atoms with Gasteiger partial charge in [-0.05, 0) is 0 Å². The molecule has 1 aromatic heterocycles. The van der Waals surface area contributed by atoms with E-state index in [4.69, 9.17) is 46.4 Å². The molecule has 0 fully saturated rings. The normalized spacial score (nSPS) is 10.2. The first kappa shape index (κ1) is 9.40. The average Bonchev–Trinajstić information content (AvgIpc) is 1.99. The van der Waals surface area contributed by atoms with Crippen LogP contribution in [0.15, 0.2) is 6.20 Å². The van der Waals surface area contributed by atoms with E-state index in [9.17, 15) is 0 Å². The van der Waals surface area contributed by atoms with Gasteiger partial charge in [-0.3, -0.25) is 0 Å². The molecule has 0 spiro atoms. The Balaban J connectivity index is 3.29. The van der Waals surface area contributed by atoms with Crippen molar-refractivity contribution < 1.29 is 0 Å². The van der Waals surface area contributed by atoms with Crippen molar-refractivity contribution in [1.82, 2.24) is 4.98 Å². The summed E-state index contributed by atoms with van der Waals surface area (Å²) in [6.07, 6.45) is 1.42. The van der Waals surface area contributed by atoms with E-state index in [1.807, 2.05) is 0 Å². The summed E-state index contributed by atoms with van der Waals surface area (Å²) in [5, 5.41) is 0.996. The van der Waals surface area contributed by atoms with E-state index in [1.54, 1.807) is 0 Å². The first-order valence-electron chi connectivity index (χ1n) is 2.71. The van der Waals surface area contributed by atoms with Gasteiger partial charge in [-0.25, -0.2) is 4.98 Å². The van der Waals surface area contributed by atoms with Gasteiger partial charge < -0.3 is 0 Å². The molecule has 0 saturated heterocycles. The van der Waals surface area contributed by atoms with Crippen molar-refractivity contribution in [2.45, 2.75) is 5.88 Å². The molecule has 0 aliphatic heterocycles. The summed E-state index contributed by atoms with van der Waals surface area (Å²) in [5.74, 6) is 0.236. The molecule has 0 atom stereocenters. The molecular formula is C6H3Cl4N. The molecule has 5 heteroatoms. The summed E-state index contributed by atoms with van der Waals surface area (Å²) < 4.78 is 0.